The number of carboxylic acid groups (broad SMARTS) is 1. The van der Waals surface area contributed by atoms with E-state index in [2.05, 4.69) is 0 Å². The summed E-state index contributed by atoms with van der Waals surface area (Å²) >= 11 is 2.02. The van der Waals surface area contributed by atoms with Crippen molar-refractivity contribution in [2.24, 2.45) is 0 Å². The first-order valence-corrected chi connectivity index (χ1v) is 6.10. The number of halogens is 2. The van der Waals surface area contributed by atoms with Crippen molar-refractivity contribution in [2.45, 2.75) is 0 Å². The second-order valence-electron chi connectivity index (χ2n) is 3.50. The lowest BCUT2D eigenvalue weighted by Crippen LogP contribution is -2.00. The zero-order chi connectivity index (χ0) is 13.1. The lowest BCUT2D eigenvalue weighted by molar-refractivity contribution is 0.0694. The molecule has 2 aromatic rings. The summed E-state index contributed by atoms with van der Waals surface area (Å²) in [5.74, 6) is -0.816. The standard InChI is InChI=1S/C13H8FIO3/c14-8-1-4-10(5-2-8)18-12-6-3-9(15)7-11(12)13(16)17/h1-7H,(H,16,17). The van der Waals surface area contributed by atoms with Gasteiger partial charge in [0.05, 0.1) is 0 Å². The third-order valence-corrected chi connectivity index (χ3v) is 2.88. The zero-order valence-corrected chi connectivity index (χ0v) is 11.2. The number of rotatable bonds is 3. The van der Waals surface area contributed by atoms with E-state index in [0.29, 0.717) is 5.75 Å². The molecule has 0 aliphatic rings. The molecule has 2 aromatic carbocycles. The predicted molar refractivity (Wildman–Crippen MR) is 72.6 cm³/mol. The summed E-state index contributed by atoms with van der Waals surface area (Å²) in [5.41, 5.74) is 0.0752. The molecule has 1 N–H and O–H groups in total. The van der Waals surface area contributed by atoms with Crippen molar-refractivity contribution < 1.29 is 19.0 Å². The van der Waals surface area contributed by atoms with Gasteiger partial charge in [0.15, 0.2) is 0 Å². The van der Waals surface area contributed by atoms with E-state index in [0.717, 1.165) is 3.57 Å². The van der Waals surface area contributed by atoms with Crippen LogP contribution in [0.25, 0.3) is 0 Å². The van der Waals surface area contributed by atoms with Crippen molar-refractivity contribution in [1.29, 1.82) is 0 Å². The summed E-state index contributed by atoms with van der Waals surface area (Å²) in [6, 6.07) is 10.2. The Morgan fingerprint density at radius 2 is 1.83 bits per heavy atom. The smallest absolute Gasteiger partial charge is 0.339 e. The van der Waals surface area contributed by atoms with Gasteiger partial charge < -0.3 is 9.84 Å². The van der Waals surface area contributed by atoms with Gasteiger partial charge in [-0.3, -0.25) is 0 Å². The number of aromatic carboxylic acids is 1. The van der Waals surface area contributed by atoms with E-state index < -0.39 is 5.97 Å². The van der Waals surface area contributed by atoms with E-state index in [4.69, 9.17) is 9.84 Å². The summed E-state index contributed by atoms with van der Waals surface area (Å²) in [5, 5.41) is 9.07. The largest absolute Gasteiger partial charge is 0.478 e. The quantitative estimate of drug-likeness (QED) is 0.846. The summed E-state index contributed by atoms with van der Waals surface area (Å²) in [6.07, 6.45) is 0. The first-order valence-electron chi connectivity index (χ1n) is 5.02. The Bertz CT molecular complexity index is 581. The molecule has 18 heavy (non-hydrogen) atoms. The molecule has 0 saturated carbocycles. The molecule has 0 heterocycles. The van der Waals surface area contributed by atoms with Crippen molar-refractivity contribution in [3.63, 3.8) is 0 Å². The molecule has 0 atom stereocenters. The Balaban J connectivity index is 2.34. The van der Waals surface area contributed by atoms with Crippen molar-refractivity contribution in [1.82, 2.24) is 0 Å². The maximum atomic E-state index is 12.7. The fourth-order valence-corrected chi connectivity index (χ4v) is 1.88. The first kappa shape index (κ1) is 12.8. The fraction of sp³-hybridized carbons (Fsp3) is 0. The lowest BCUT2D eigenvalue weighted by atomic mass is 10.2. The lowest BCUT2D eigenvalue weighted by Gasteiger charge is -2.08. The van der Waals surface area contributed by atoms with Crippen molar-refractivity contribution in [3.05, 3.63) is 57.4 Å². The zero-order valence-electron chi connectivity index (χ0n) is 9.06. The average Bonchev–Trinajstić information content (AvgIpc) is 2.34. The Morgan fingerprint density at radius 1 is 1.17 bits per heavy atom. The van der Waals surface area contributed by atoms with Crippen LogP contribution in [0.3, 0.4) is 0 Å². The van der Waals surface area contributed by atoms with E-state index in [-0.39, 0.29) is 17.1 Å². The minimum atomic E-state index is -1.06. The maximum absolute atomic E-state index is 12.7. The number of hydrogen-bond acceptors (Lipinski definition) is 2. The number of hydrogen-bond donors (Lipinski definition) is 1. The van der Waals surface area contributed by atoms with Crippen LogP contribution in [-0.4, -0.2) is 11.1 Å². The SMILES string of the molecule is O=C(O)c1cc(I)ccc1Oc1ccc(F)cc1. The normalized spacial score (nSPS) is 10.1. The molecule has 0 radical (unpaired) electrons. The van der Waals surface area contributed by atoms with Gasteiger partial charge in [0, 0.05) is 3.57 Å². The van der Waals surface area contributed by atoms with Gasteiger partial charge in [-0.25, -0.2) is 9.18 Å². The monoisotopic (exact) mass is 358 g/mol. The highest BCUT2D eigenvalue weighted by atomic mass is 127. The van der Waals surface area contributed by atoms with Crippen molar-refractivity contribution >= 4 is 28.6 Å². The highest BCUT2D eigenvalue weighted by molar-refractivity contribution is 14.1. The Kier molecular flexibility index (Phi) is 3.81. The van der Waals surface area contributed by atoms with Crippen LogP contribution < -0.4 is 4.74 Å². The van der Waals surface area contributed by atoms with Crippen LogP contribution >= 0.6 is 22.6 Å². The van der Waals surface area contributed by atoms with E-state index in [9.17, 15) is 9.18 Å². The minimum absolute atomic E-state index is 0.0752. The molecule has 0 spiro atoms. The molecule has 3 nitrogen and oxygen atoms in total. The van der Waals surface area contributed by atoms with Gasteiger partial charge in [-0.2, -0.15) is 0 Å². The summed E-state index contributed by atoms with van der Waals surface area (Å²) in [4.78, 5) is 11.1. The van der Waals surface area contributed by atoms with Gasteiger partial charge >= 0.3 is 5.97 Å². The molecule has 0 aromatic heterocycles. The van der Waals surface area contributed by atoms with E-state index in [1.54, 1.807) is 12.1 Å². The van der Waals surface area contributed by atoms with Gasteiger partial charge in [0.2, 0.25) is 0 Å². The molecular weight excluding hydrogens is 350 g/mol. The van der Waals surface area contributed by atoms with Gasteiger partial charge in [-0.1, -0.05) is 0 Å². The molecular formula is C13H8FIO3. The Labute approximate surface area is 116 Å². The molecule has 0 saturated heterocycles. The van der Waals surface area contributed by atoms with Crippen molar-refractivity contribution in [2.75, 3.05) is 0 Å². The third-order valence-electron chi connectivity index (χ3n) is 2.21. The number of carbonyl (C=O) groups is 1. The Morgan fingerprint density at radius 3 is 2.44 bits per heavy atom. The van der Waals surface area contributed by atoms with Crippen LogP contribution in [-0.2, 0) is 0 Å². The van der Waals surface area contributed by atoms with E-state index in [1.807, 2.05) is 22.6 Å². The van der Waals surface area contributed by atoms with Gasteiger partial charge in [-0.15, -0.1) is 0 Å². The molecule has 92 valence electrons. The van der Waals surface area contributed by atoms with Gasteiger partial charge in [-0.05, 0) is 65.1 Å². The molecule has 0 amide bonds. The Hall–Kier alpha value is -1.63. The number of benzene rings is 2. The number of ether oxygens (including phenoxy) is 1. The van der Waals surface area contributed by atoms with Crippen LogP contribution in [0.2, 0.25) is 0 Å². The first-order chi connectivity index (χ1) is 8.56. The molecule has 0 bridgehead atoms. The van der Waals surface area contributed by atoms with Crippen LogP contribution in [0.1, 0.15) is 10.4 Å². The summed E-state index contributed by atoms with van der Waals surface area (Å²) < 4.78 is 19.0. The average molecular weight is 358 g/mol. The minimum Gasteiger partial charge on any atom is -0.478 e. The highest BCUT2D eigenvalue weighted by Gasteiger charge is 2.12. The maximum Gasteiger partial charge on any atom is 0.339 e. The molecule has 2 rings (SSSR count). The molecule has 0 aliphatic carbocycles. The molecule has 0 fully saturated rings. The molecule has 5 heteroatoms. The number of carboxylic acids is 1. The molecule has 0 aliphatic heterocycles. The third kappa shape index (κ3) is 2.98. The predicted octanol–water partition coefficient (Wildman–Crippen LogP) is 3.92. The second-order valence-corrected chi connectivity index (χ2v) is 4.75. The van der Waals surface area contributed by atoms with Gasteiger partial charge in [0.1, 0.15) is 22.9 Å². The van der Waals surface area contributed by atoms with Crippen LogP contribution in [0.5, 0.6) is 11.5 Å². The summed E-state index contributed by atoms with van der Waals surface area (Å²) in [7, 11) is 0. The van der Waals surface area contributed by atoms with E-state index in [1.165, 1.54) is 30.3 Å². The molecule has 0 unspecified atom stereocenters. The van der Waals surface area contributed by atoms with Crippen LogP contribution in [0.15, 0.2) is 42.5 Å². The summed E-state index contributed by atoms with van der Waals surface area (Å²) in [6.45, 7) is 0. The second kappa shape index (κ2) is 5.34. The van der Waals surface area contributed by atoms with E-state index >= 15 is 0 Å². The topological polar surface area (TPSA) is 46.5 Å². The highest BCUT2D eigenvalue weighted by Crippen LogP contribution is 2.27. The van der Waals surface area contributed by atoms with Crippen LogP contribution in [0, 0.1) is 9.39 Å². The fourth-order valence-electron chi connectivity index (χ4n) is 1.39. The van der Waals surface area contributed by atoms with Gasteiger partial charge in [0.25, 0.3) is 0 Å². The van der Waals surface area contributed by atoms with Crippen molar-refractivity contribution in [3.8, 4) is 11.5 Å². The van der Waals surface area contributed by atoms with Crippen LogP contribution in [0.4, 0.5) is 4.39 Å².